The molecule has 0 heterocycles. The van der Waals surface area contributed by atoms with Crippen molar-refractivity contribution < 1.29 is 5.11 Å². The van der Waals surface area contributed by atoms with Crippen LogP contribution in [0.5, 0.6) is 5.75 Å². The first kappa shape index (κ1) is 30.0. The van der Waals surface area contributed by atoms with Crippen LogP contribution >= 0.6 is 31.2 Å². The monoisotopic (exact) mass is 629 g/mol. The van der Waals surface area contributed by atoms with Crippen LogP contribution in [0, 0.1) is 16.4 Å². The first-order chi connectivity index (χ1) is 17.6. The predicted octanol–water partition coefficient (Wildman–Crippen LogP) is 9.65. The zero-order valence-electron chi connectivity index (χ0n) is 23.7. The summed E-state index contributed by atoms with van der Waals surface area (Å²) in [6, 6.07) is 21.7. The Morgan fingerprint density at radius 3 is 2.19 bits per heavy atom. The van der Waals surface area contributed by atoms with Crippen molar-refractivity contribution in [2.75, 3.05) is 5.32 Å². The lowest BCUT2D eigenvalue weighted by Gasteiger charge is -2.38. The molecule has 2 atom stereocenters. The largest absolute Gasteiger partial charge is 0.507 e. The fraction of sp³-hybridized carbons (Fsp3) is 0.455. The zero-order chi connectivity index (χ0) is 27.2. The van der Waals surface area contributed by atoms with E-state index in [-0.39, 0.29) is 10.6 Å². The van der Waals surface area contributed by atoms with Gasteiger partial charge in [-0.3, -0.25) is 0 Å². The third kappa shape index (κ3) is 7.09. The van der Waals surface area contributed by atoms with E-state index in [4.69, 9.17) is 0 Å². The highest BCUT2D eigenvalue weighted by atomic mass is 127. The van der Waals surface area contributed by atoms with Crippen molar-refractivity contribution >= 4 is 42.2 Å². The minimum Gasteiger partial charge on any atom is -0.507 e. The van der Waals surface area contributed by atoms with Crippen LogP contribution in [0.25, 0.3) is 0 Å². The van der Waals surface area contributed by atoms with Crippen LogP contribution in [0.4, 0.5) is 5.69 Å². The molecule has 0 spiro atoms. The highest BCUT2D eigenvalue weighted by Crippen LogP contribution is 2.52. The molecular weight excluding hydrogens is 584 g/mol. The van der Waals surface area contributed by atoms with Gasteiger partial charge in [0.25, 0.3) is 0 Å². The number of phenols is 1. The van der Waals surface area contributed by atoms with Gasteiger partial charge in [-0.15, -0.1) is 0 Å². The van der Waals surface area contributed by atoms with Crippen molar-refractivity contribution in [2.45, 2.75) is 91.3 Å². The standard InChI is InChI=1S/C33H45INOP/c1-8-18-33(7,29-21-26(34)20-28(31(29)36)32(5,6)25(9-2)10-3)37-30-17-16-23(4)19-24(30)22-35-27-14-12-11-13-15-27/h11-17,19-21,25,35-37H,8-10,18,22H2,1-7H3. The van der Waals surface area contributed by atoms with Gasteiger partial charge in [0.1, 0.15) is 5.75 Å². The minimum absolute atomic E-state index is 0.0889. The van der Waals surface area contributed by atoms with Gasteiger partial charge in [-0.2, -0.15) is 0 Å². The lowest BCUT2D eigenvalue weighted by Crippen LogP contribution is -2.29. The van der Waals surface area contributed by atoms with Crippen molar-refractivity contribution in [3.8, 4) is 5.75 Å². The third-order valence-corrected chi connectivity index (χ3v) is 10.5. The topological polar surface area (TPSA) is 32.3 Å². The van der Waals surface area contributed by atoms with E-state index in [1.807, 2.05) is 6.07 Å². The normalized spacial score (nSPS) is 13.9. The molecular formula is C33H45INOP. The van der Waals surface area contributed by atoms with E-state index in [2.05, 4.69) is 131 Å². The van der Waals surface area contributed by atoms with Crippen molar-refractivity contribution in [1.29, 1.82) is 0 Å². The number of aromatic hydroxyl groups is 1. The van der Waals surface area contributed by atoms with E-state index in [0.29, 0.717) is 20.2 Å². The quantitative estimate of drug-likeness (QED) is 0.155. The molecule has 0 saturated carbocycles. The first-order valence-corrected chi connectivity index (χ1v) is 15.8. The van der Waals surface area contributed by atoms with E-state index in [1.165, 1.54) is 20.0 Å². The predicted molar refractivity (Wildman–Crippen MR) is 173 cm³/mol. The van der Waals surface area contributed by atoms with Gasteiger partial charge in [0.15, 0.2) is 0 Å². The third-order valence-electron chi connectivity index (χ3n) is 8.05. The van der Waals surface area contributed by atoms with Gasteiger partial charge in [-0.1, -0.05) is 111 Å². The Labute approximate surface area is 241 Å². The maximum absolute atomic E-state index is 11.9. The van der Waals surface area contributed by atoms with Gasteiger partial charge < -0.3 is 10.4 Å². The van der Waals surface area contributed by atoms with Gasteiger partial charge in [0, 0.05) is 32.1 Å². The second kappa shape index (κ2) is 13.0. The maximum Gasteiger partial charge on any atom is 0.123 e. The molecule has 2 nitrogen and oxygen atoms in total. The fourth-order valence-corrected chi connectivity index (χ4v) is 8.25. The number of para-hydroxylation sites is 1. The summed E-state index contributed by atoms with van der Waals surface area (Å²) in [6.07, 6.45) is 4.32. The Bertz CT molecular complexity index is 1170. The second-order valence-electron chi connectivity index (χ2n) is 11.2. The smallest absolute Gasteiger partial charge is 0.123 e. The fourth-order valence-electron chi connectivity index (χ4n) is 5.85. The zero-order valence-corrected chi connectivity index (χ0v) is 26.9. The lowest BCUT2D eigenvalue weighted by molar-refractivity contribution is 0.288. The number of phenolic OH excluding ortho intramolecular Hbond substituents is 1. The lowest BCUT2D eigenvalue weighted by atomic mass is 9.70. The van der Waals surface area contributed by atoms with E-state index < -0.39 is 0 Å². The molecule has 2 N–H and O–H groups in total. The Kier molecular flexibility index (Phi) is 10.5. The number of anilines is 1. The summed E-state index contributed by atoms with van der Waals surface area (Å²) in [5.74, 6) is 1.04. The van der Waals surface area contributed by atoms with Crippen LogP contribution in [0.15, 0.2) is 60.7 Å². The summed E-state index contributed by atoms with van der Waals surface area (Å²) < 4.78 is 1.21. The summed E-state index contributed by atoms with van der Waals surface area (Å²) >= 11 is 2.45. The van der Waals surface area contributed by atoms with Crippen molar-refractivity contribution in [2.24, 2.45) is 5.92 Å². The van der Waals surface area contributed by atoms with Crippen LogP contribution in [-0.4, -0.2) is 5.11 Å². The van der Waals surface area contributed by atoms with E-state index >= 15 is 0 Å². The molecule has 3 rings (SSSR count). The highest BCUT2D eigenvalue weighted by molar-refractivity contribution is 14.1. The molecule has 0 aliphatic rings. The molecule has 0 amide bonds. The summed E-state index contributed by atoms with van der Waals surface area (Å²) in [6.45, 7) is 16.7. The Hall–Kier alpha value is -1.58. The van der Waals surface area contributed by atoms with Crippen LogP contribution in [0.1, 0.15) is 89.5 Å². The van der Waals surface area contributed by atoms with Crippen molar-refractivity contribution in [3.63, 3.8) is 0 Å². The summed E-state index contributed by atoms with van der Waals surface area (Å²) in [7, 11) is 0.560. The van der Waals surface area contributed by atoms with E-state index in [9.17, 15) is 5.11 Å². The average Bonchev–Trinajstić information content (AvgIpc) is 2.86. The first-order valence-electron chi connectivity index (χ1n) is 13.8. The number of nitrogens with one attached hydrogen (secondary N) is 1. The molecule has 2 unspecified atom stereocenters. The molecule has 0 radical (unpaired) electrons. The molecule has 4 heteroatoms. The minimum atomic E-state index is -0.143. The number of benzene rings is 3. The number of rotatable bonds is 12. The van der Waals surface area contributed by atoms with Crippen LogP contribution < -0.4 is 10.6 Å². The van der Waals surface area contributed by atoms with Crippen molar-refractivity contribution in [1.82, 2.24) is 0 Å². The van der Waals surface area contributed by atoms with E-state index in [1.54, 1.807) is 0 Å². The SMILES string of the molecule is CCCC(C)(Pc1ccc(C)cc1CNc1ccccc1)c1cc(I)cc(C(C)(C)C(CC)CC)c1O. The number of halogens is 1. The number of hydrogen-bond acceptors (Lipinski definition) is 2. The maximum atomic E-state index is 11.9. The van der Waals surface area contributed by atoms with Crippen LogP contribution in [0.2, 0.25) is 0 Å². The Morgan fingerprint density at radius 2 is 1.57 bits per heavy atom. The second-order valence-corrected chi connectivity index (χ2v) is 14.3. The highest BCUT2D eigenvalue weighted by Gasteiger charge is 2.36. The molecule has 3 aromatic rings. The Balaban J connectivity index is 2.05. The molecule has 0 aliphatic carbocycles. The van der Waals surface area contributed by atoms with Crippen LogP contribution in [-0.2, 0) is 17.1 Å². The number of aryl methyl sites for hydroxylation is 1. The van der Waals surface area contributed by atoms with Gasteiger partial charge >= 0.3 is 0 Å². The van der Waals surface area contributed by atoms with Gasteiger partial charge in [0.05, 0.1) is 0 Å². The molecule has 0 aliphatic heterocycles. The van der Waals surface area contributed by atoms with E-state index in [0.717, 1.165) is 49.0 Å². The molecule has 200 valence electrons. The van der Waals surface area contributed by atoms with Gasteiger partial charge in [-0.25, -0.2) is 0 Å². The molecule has 0 aromatic heterocycles. The number of hydrogen-bond donors (Lipinski definition) is 2. The Morgan fingerprint density at radius 1 is 0.919 bits per heavy atom. The molecule has 0 fully saturated rings. The van der Waals surface area contributed by atoms with Crippen molar-refractivity contribution in [3.05, 3.63) is 86.5 Å². The molecule has 37 heavy (non-hydrogen) atoms. The summed E-state index contributed by atoms with van der Waals surface area (Å²) in [5.41, 5.74) is 5.88. The summed E-state index contributed by atoms with van der Waals surface area (Å²) in [4.78, 5) is 0. The molecule has 0 bridgehead atoms. The van der Waals surface area contributed by atoms with Gasteiger partial charge in [0.2, 0.25) is 0 Å². The van der Waals surface area contributed by atoms with Crippen LogP contribution in [0.3, 0.4) is 0 Å². The molecule has 0 saturated heterocycles. The van der Waals surface area contributed by atoms with Gasteiger partial charge in [-0.05, 0) is 82.4 Å². The summed E-state index contributed by atoms with van der Waals surface area (Å²) in [5, 5.41) is 16.7. The molecule has 3 aromatic carbocycles. The average molecular weight is 630 g/mol.